The summed E-state index contributed by atoms with van der Waals surface area (Å²) in [6.07, 6.45) is 8.31. The van der Waals surface area contributed by atoms with Crippen LogP contribution in [0.1, 0.15) is 74.8 Å². The zero-order valence-electron chi connectivity index (χ0n) is 25.1. The molecule has 2 aromatic carbocycles. The topological polar surface area (TPSA) is 120 Å². The summed E-state index contributed by atoms with van der Waals surface area (Å²) in [5.41, 5.74) is 7.56. The number of piperidine rings is 1. The van der Waals surface area contributed by atoms with E-state index in [0.29, 0.717) is 43.1 Å². The van der Waals surface area contributed by atoms with Crippen molar-refractivity contribution in [1.29, 1.82) is 0 Å². The molecule has 0 unspecified atom stereocenters. The molecule has 1 saturated carbocycles. The van der Waals surface area contributed by atoms with Crippen molar-refractivity contribution in [3.63, 3.8) is 0 Å². The van der Waals surface area contributed by atoms with Crippen LogP contribution in [0.2, 0.25) is 0 Å². The van der Waals surface area contributed by atoms with Gasteiger partial charge in [0.25, 0.3) is 0 Å². The van der Waals surface area contributed by atoms with Crippen LogP contribution >= 0.6 is 0 Å². The molecule has 0 aromatic heterocycles. The van der Waals surface area contributed by atoms with E-state index in [1.807, 2.05) is 42.5 Å². The number of likely N-dealkylation sites (tertiary alicyclic amines) is 1. The van der Waals surface area contributed by atoms with Crippen LogP contribution in [-0.4, -0.2) is 62.6 Å². The molecule has 42 heavy (non-hydrogen) atoms. The predicted molar refractivity (Wildman–Crippen MR) is 161 cm³/mol. The summed E-state index contributed by atoms with van der Waals surface area (Å²) in [5, 5.41) is 2.89. The highest BCUT2D eigenvalue weighted by Gasteiger charge is 2.40. The van der Waals surface area contributed by atoms with E-state index >= 15 is 0 Å². The normalized spacial score (nSPS) is 18.9. The van der Waals surface area contributed by atoms with Gasteiger partial charge in [-0.2, -0.15) is 0 Å². The quantitative estimate of drug-likeness (QED) is 0.386. The van der Waals surface area contributed by atoms with Gasteiger partial charge in [-0.3, -0.25) is 14.4 Å². The zero-order valence-corrected chi connectivity index (χ0v) is 25.1. The van der Waals surface area contributed by atoms with Gasteiger partial charge in [-0.05, 0) is 74.1 Å². The summed E-state index contributed by atoms with van der Waals surface area (Å²) in [4.78, 5) is 42.3. The van der Waals surface area contributed by atoms with Gasteiger partial charge >= 0.3 is 0 Å². The van der Waals surface area contributed by atoms with Crippen molar-refractivity contribution in [3.8, 4) is 17.2 Å². The first kappa shape index (κ1) is 31.2. The first-order chi connectivity index (χ1) is 20.4. The van der Waals surface area contributed by atoms with Gasteiger partial charge in [0.15, 0.2) is 11.5 Å². The lowest BCUT2D eigenvalue weighted by molar-refractivity contribution is -0.145. The van der Waals surface area contributed by atoms with Crippen LogP contribution in [0.15, 0.2) is 42.5 Å². The summed E-state index contributed by atoms with van der Waals surface area (Å²) < 4.78 is 16.8. The molecule has 0 spiro atoms. The summed E-state index contributed by atoms with van der Waals surface area (Å²) in [5.74, 6) is 0.156. The molecule has 1 heterocycles. The number of primary amides is 1. The van der Waals surface area contributed by atoms with Crippen LogP contribution in [0.5, 0.6) is 17.2 Å². The Bertz CT molecular complexity index is 1190. The van der Waals surface area contributed by atoms with Crippen LogP contribution in [0.3, 0.4) is 0 Å². The molecule has 2 aliphatic rings. The number of ether oxygens (including phenoxy) is 3. The Morgan fingerprint density at radius 2 is 1.55 bits per heavy atom. The highest BCUT2D eigenvalue weighted by Crippen LogP contribution is 2.45. The minimum Gasteiger partial charge on any atom is -0.493 e. The SMILES string of the molecule is COc1cc([C@@H](C(=O)N2CCCC[C@H]2C(=O)N[C@@H](CCc2ccccc2)C(N)=O)C2CCCCC2)cc(OC)c1OC. The highest BCUT2D eigenvalue weighted by atomic mass is 16.5. The van der Waals surface area contributed by atoms with Crippen molar-refractivity contribution in [2.24, 2.45) is 11.7 Å². The molecule has 2 fully saturated rings. The third kappa shape index (κ3) is 7.36. The van der Waals surface area contributed by atoms with E-state index in [0.717, 1.165) is 56.1 Å². The second-order valence-electron chi connectivity index (χ2n) is 11.4. The van der Waals surface area contributed by atoms with Crippen LogP contribution in [0.25, 0.3) is 0 Å². The van der Waals surface area contributed by atoms with Crippen molar-refractivity contribution in [1.82, 2.24) is 10.2 Å². The fourth-order valence-electron chi connectivity index (χ4n) is 6.52. The molecule has 0 bridgehead atoms. The molecule has 0 radical (unpaired) electrons. The number of aryl methyl sites for hydroxylation is 1. The Labute approximate surface area is 249 Å². The molecule has 4 rings (SSSR count). The predicted octanol–water partition coefficient (Wildman–Crippen LogP) is 4.36. The van der Waals surface area contributed by atoms with Crippen molar-refractivity contribution in [2.45, 2.75) is 82.2 Å². The Kier molecular flexibility index (Phi) is 11.1. The number of nitrogens with two attached hydrogens (primary N) is 1. The lowest BCUT2D eigenvalue weighted by Crippen LogP contribution is -2.57. The Morgan fingerprint density at radius 3 is 2.14 bits per heavy atom. The summed E-state index contributed by atoms with van der Waals surface area (Å²) in [7, 11) is 4.69. The van der Waals surface area contributed by atoms with Crippen molar-refractivity contribution < 1.29 is 28.6 Å². The maximum Gasteiger partial charge on any atom is 0.243 e. The lowest BCUT2D eigenvalue weighted by Gasteiger charge is -2.40. The van der Waals surface area contributed by atoms with Crippen molar-refractivity contribution >= 4 is 17.7 Å². The number of nitrogens with one attached hydrogen (secondary N) is 1. The molecule has 1 aliphatic heterocycles. The fraction of sp³-hybridized carbons (Fsp3) is 0.545. The van der Waals surface area contributed by atoms with Crippen LogP contribution in [-0.2, 0) is 20.8 Å². The van der Waals surface area contributed by atoms with Gasteiger partial charge in [0, 0.05) is 6.54 Å². The van der Waals surface area contributed by atoms with E-state index in [2.05, 4.69) is 5.32 Å². The van der Waals surface area contributed by atoms with Crippen LogP contribution in [0, 0.1) is 5.92 Å². The molecule has 9 heteroatoms. The molecular weight excluding hydrogens is 534 g/mol. The fourth-order valence-corrected chi connectivity index (χ4v) is 6.52. The second-order valence-corrected chi connectivity index (χ2v) is 11.4. The number of hydrogen-bond donors (Lipinski definition) is 2. The van der Waals surface area contributed by atoms with Crippen LogP contribution < -0.4 is 25.3 Å². The lowest BCUT2D eigenvalue weighted by atomic mass is 9.75. The maximum atomic E-state index is 14.5. The highest BCUT2D eigenvalue weighted by molar-refractivity contribution is 5.93. The number of hydrogen-bond acceptors (Lipinski definition) is 6. The third-order valence-corrected chi connectivity index (χ3v) is 8.75. The van der Waals surface area contributed by atoms with Gasteiger partial charge in [-0.25, -0.2) is 0 Å². The Hall–Kier alpha value is -3.75. The minimum absolute atomic E-state index is 0.0732. The summed E-state index contributed by atoms with van der Waals surface area (Å²) in [6.45, 7) is 0.482. The molecule has 3 atom stereocenters. The first-order valence-electron chi connectivity index (χ1n) is 15.1. The molecule has 9 nitrogen and oxygen atoms in total. The number of carbonyl (C=O) groups excluding carboxylic acids is 3. The van der Waals surface area contributed by atoms with E-state index in [9.17, 15) is 14.4 Å². The van der Waals surface area contributed by atoms with Gasteiger partial charge in [-0.15, -0.1) is 0 Å². The number of amides is 3. The van der Waals surface area contributed by atoms with Gasteiger partial charge in [0.2, 0.25) is 23.5 Å². The second kappa shape index (κ2) is 14.9. The maximum absolute atomic E-state index is 14.5. The molecule has 3 amide bonds. The van der Waals surface area contributed by atoms with Crippen molar-refractivity contribution in [3.05, 3.63) is 53.6 Å². The van der Waals surface area contributed by atoms with E-state index in [4.69, 9.17) is 19.9 Å². The van der Waals surface area contributed by atoms with Crippen molar-refractivity contribution in [2.75, 3.05) is 27.9 Å². The third-order valence-electron chi connectivity index (χ3n) is 8.75. The molecule has 3 N–H and O–H groups in total. The van der Waals surface area contributed by atoms with E-state index in [-0.39, 0.29) is 17.7 Å². The zero-order chi connectivity index (χ0) is 30.1. The Morgan fingerprint density at radius 1 is 0.905 bits per heavy atom. The van der Waals surface area contributed by atoms with Crippen LogP contribution in [0.4, 0.5) is 0 Å². The first-order valence-corrected chi connectivity index (χ1v) is 15.1. The minimum atomic E-state index is -0.819. The van der Waals surface area contributed by atoms with Gasteiger partial charge in [0.1, 0.15) is 12.1 Å². The largest absolute Gasteiger partial charge is 0.493 e. The average Bonchev–Trinajstić information content (AvgIpc) is 3.03. The molecular formula is C33H45N3O6. The van der Waals surface area contributed by atoms with Gasteiger partial charge < -0.3 is 30.2 Å². The number of methoxy groups -OCH3 is 3. The Balaban J connectivity index is 1.60. The number of rotatable bonds is 12. The van der Waals surface area contributed by atoms with E-state index < -0.39 is 23.9 Å². The van der Waals surface area contributed by atoms with Gasteiger partial charge in [0.05, 0.1) is 27.2 Å². The summed E-state index contributed by atoms with van der Waals surface area (Å²) in [6, 6.07) is 12.0. The molecule has 228 valence electrons. The molecule has 2 aromatic rings. The van der Waals surface area contributed by atoms with E-state index in [1.54, 1.807) is 26.2 Å². The number of carbonyl (C=O) groups is 3. The summed E-state index contributed by atoms with van der Waals surface area (Å²) >= 11 is 0. The standard InChI is InChI=1S/C33H45N3O6/c1-40-27-20-24(21-28(41-2)30(27)42-3)29(23-14-8-5-9-15-23)33(39)36-19-11-10-16-26(36)32(38)35-25(31(34)37)18-17-22-12-6-4-7-13-22/h4,6-7,12-13,20-21,23,25-26,29H,5,8-11,14-19H2,1-3H3,(H2,34,37)(H,35,38)/t25-,26-,29-/m0/s1. The number of nitrogens with zero attached hydrogens (tertiary/aromatic N) is 1. The average molecular weight is 580 g/mol. The van der Waals surface area contributed by atoms with E-state index in [1.165, 1.54) is 0 Å². The molecule has 1 saturated heterocycles. The number of benzene rings is 2. The molecule has 1 aliphatic carbocycles. The van der Waals surface area contributed by atoms with Gasteiger partial charge in [-0.1, -0.05) is 49.6 Å². The smallest absolute Gasteiger partial charge is 0.243 e. The monoisotopic (exact) mass is 579 g/mol.